The quantitative estimate of drug-likeness (QED) is 0.872. The molecule has 0 saturated carbocycles. The van der Waals surface area contributed by atoms with Crippen LogP contribution < -0.4 is 5.32 Å². The fourth-order valence-electron chi connectivity index (χ4n) is 2.44. The van der Waals surface area contributed by atoms with Gasteiger partial charge in [0.25, 0.3) is 0 Å². The van der Waals surface area contributed by atoms with Crippen LogP contribution in [0.4, 0.5) is 4.39 Å². The number of hydrogen-bond acceptors (Lipinski definition) is 3. The topological polar surface area (TPSA) is 48.1 Å². The number of halogens is 2. The van der Waals surface area contributed by atoms with Crippen molar-refractivity contribution >= 4 is 11.6 Å². The minimum absolute atomic E-state index is 0.154. The summed E-state index contributed by atoms with van der Waals surface area (Å²) in [5.41, 5.74) is 1.34. The van der Waals surface area contributed by atoms with Crippen molar-refractivity contribution in [3.05, 3.63) is 40.9 Å². The molecule has 2 heterocycles. The molecular weight excluding hydrogens is 293 g/mol. The molecule has 1 aromatic heterocycles. The molecule has 21 heavy (non-hydrogen) atoms. The van der Waals surface area contributed by atoms with Crippen molar-refractivity contribution in [2.75, 3.05) is 26.2 Å². The molecule has 1 aliphatic heterocycles. The molecule has 1 aliphatic rings. The van der Waals surface area contributed by atoms with E-state index in [0.29, 0.717) is 10.7 Å². The zero-order valence-corrected chi connectivity index (χ0v) is 12.5. The Morgan fingerprint density at radius 1 is 1.29 bits per heavy atom. The van der Waals surface area contributed by atoms with Gasteiger partial charge in [0.1, 0.15) is 5.82 Å². The predicted octanol–water partition coefficient (Wildman–Crippen LogP) is 2.04. The van der Waals surface area contributed by atoms with E-state index in [-0.39, 0.29) is 11.9 Å². The first kappa shape index (κ1) is 14.4. The fraction of sp³-hybridized carbons (Fsp3) is 0.429. The minimum atomic E-state index is -0.350. The van der Waals surface area contributed by atoms with Gasteiger partial charge in [0, 0.05) is 32.2 Å². The van der Waals surface area contributed by atoms with Gasteiger partial charge in [0.2, 0.25) is 0 Å². The number of aromatic nitrogens is 3. The summed E-state index contributed by atoms with van der Waals surface area (Å²) in [5, 5.41) is 13.0. The third kappa shape index (κ3) is 3.07. The van der Waals surface area contributed by atoms with Crippen LogP contribution in [0.2, 0.25) is 5.02 Å². The molecule has 111 valence electrons. The summed E-state index contributed by atoms with van der Waals surface area (Å²) in [6.07, 6.45) is 1.80. The van der Waals surface area contributed by atoms with E-state index in [1.165, 1.54) is 22.9 Å². The maximum Gasteiger partial charge on any atom is 0.125 e. The van der Waals surface area contributed by atoms with E-state index in [9.17, 15) is 4.39 Å². The van der Waals surface area contributed by atoms with Crippen molar-refractivity contribution < 1.29 is 4.39 Å². The lowest BCUT2D eigenvalue weighted by Crippen LogP contribution is -2.41. The molecule has 2 aromatic rings. The zero-order chi connectivity index (χ0) is 14.8. The average Bonchev–Trinajstić information content (AvgIpc) is 2.99. The van der Waals surface area contributed by atoms with Crippen molar-refractivity contribution in [3.63, 3.8) is 0 Å². The Labute approximate surface area is 127 Å². The molecule has 0 N–H and O–H groups in total. The van der Waals surface area contributed by atoms with Crippen LogP contribution in [-0.4, -0.2) is 46.1 Å². The lowest BCUT2D eigenvalue weighted by molar-refractivity contribution is 0.180. The van der Waals surface area contributed by atoms with Crippen LogP contribution in [0.3, 0.4) is 0 Å². The lowest BCUT2D eigenvalue weighted by Gasteiger charge is -2.30. The van der Waals surface area contributed by atoms with E-state index >= 15 is 0 Å². The average molecular weight is 309 g/mol. The highest BCUT2D eigenvalue weighted by atomic mass is 35.5. The normalized spacial score (nSPS) is 17.9. The van der Waals surface area contributed by atoms with Crippen LogP contribution in [0.25, 0.3) is 5.69 Å². The molecule has 1 unspecified atom stereocenters. The van der Waals surface area contributed by atoms with E-state index in [1.807, 2.05) is 0 Å². The summed E-state index contributed by atoms with van der Waals surface area (Å²) >= 11 is 6.09. The first-order valence-corrected chi connectivity index (χ1v) is 7.28. The molecule has 0 aliphatic carbocycles. The third-order valence-electron chi connectivity index (χ3n) is 3.73. The highest BCUT2D eigenvalue weighted by Gasteiger charge is 2.21. The summed E-state index contributed by atoms with van der Waals surface area (Å²) < 4.78 is 14.9. The second-order valence-corrected chi connectivity index (χ2v) is 5.47. The van der Waals surface area contributed by atoms with E-state index < -0.39 is 0 Å². The van der Waals surface area contributed by atoms with Gasteiger partial charge in [-0.3, -0.25) is 4.90 Å². The molecule has 1 atom stereocenters. The lowest BCUT2D eigenvalue weighted by atomic mass is 10.2. The van der Waals surface area contributed by atoms with Gasteiger partial charge in [-0.1, -0.05) is 16.8 Å². The molecule has 1 radical (unpaired) electrons. The van der Waals surface area contributed by atoms with Crippen molar-refractivity contribution in [1.29, 1.82) is 0 Å². The van der Waals surface area contributed by atoms with Crippen LogP contribution in [0.5, 0.6) is 0 Å². The van der Waals surface area contributed by atoms with Crippen LogP contribution in [-0.2, 0) is 0 Å². The van der Waals surface area contributed by atoms with Crippen molar-refractivity contribution in [1.82, 2.24) is 25.2 Å². The van der Waals surface area contributed by atoms with Crippen LogP contribution in [0, 0.1) is 5.82 Å². The van der Waals surface area contributed by atoms with E-state index in [4.69, 9.17) is 11.6 Å². The van der Waals surface area contributed by atoms with Gasteiger partial charge < -0.3 is 0 Å². The SMILES string of the molecule is CC(c1cn(-c2cc(F)ccc2Cl)nn1)N1CC[N]CC1. The number of rotatable bonds is 3. The third-order valence-corrected chi connectivity index (χ3v) is 4.05. The fourth-order valence-corrected chi connectivity index (χ4v) is 2.65. The number of benzene rings is 1. The van der Waals surface area contributed by atoms with Crippen molar-refractivity contribution in [3.8, 4) is 5.69 Å². The van der Waals surface area contributed by atoms with E-state index in [0.717, 1.165) is 31.9 Å². The van der Waals surface area contributed by atoms with E-state index in [2.05, 4.69) is 27.5 Å². The summed E-state index contributed by atoms with van der Waals surface area (Å²) in [4.78, 5) is 2.31. The molecule has 3 rings (SSSR count). The van der Waals surface area contributed by atoms with Crippen LogP contribution >= 0.6 is 11.6 Å². The predicted molar refractivity (Wildman–Crippen MR) is 78.2 cm³/mol. The first-order valence-electron chi connectivity index (χ1n) is 6.90. The molecule has 7 heteroatoms. The standard InChI is InChI=1S/C14H16ClFN5/c1-10(20-6-4-17-5-7-20)13-9-21(19-18-13)14-8-11(16)2-3-12(14)15/h2-3,8-10H,4-7H2,1H3. The minimum Gasteiger partial charge on any atom is -0.292 e. The van der Waals surface area contributed by atoms with Gasteiger partial charge in [0.15, 0.2) is 0 Å². The van der Waals surface area contributed by atoms with Gasteiger partial charge in [-0.2, -0.15) is 0 Å². The summed E-state index contributed by atoms with van der Waals surface area (Å²) in [6.45, 7) is 5.65. The molecule has 1 fully saturated rings. The Hall–Kier alpha value is -1.50. The van der Waals surface area contributed by atoms with Crippen LogP contribution in [0.1, 0.15) is 18.7 Å². The molecule has 0 bridgehead atoms. The van der Waals surface area contributed by atoms with Gasteiger partial charge in [0.05, 0.1) is 28.6 Å². The summed E-state index contributed by atoms with van der Waals surface area (Å²) in [7, 11) is 0. The maximum atomic E-state index is 13.4. The van der Waals surface area contributed by atoms with Gasteiger partial charge in [-0.05, 0) is 19.1 Å². The highest BCUT2D eigenvalue weighted by Crippen LogP contribution is 2.23. The first-order chi connectivity index (χ1) is 10.1. The zero-order valence-electron chi connectivity index (χ0n) is 11.7. The largest absolute Gasteiger partial charge is 0.292 e. The Balaban J connectivity index is 1.84. The second-order valence-electron chi connectivity index (χ2n) is 5.07. The Morgan fingerprint density at radius 3 is 2.81 bits per heavy atom. The molecule has 1 saturated heterocycles. The number of hydrogen-bond donors (Lipinski definition) is 0. The van der Waals surface area contributed by atoms with Crippen molar-refractivity contribution in [2.24, 2.45) is 0 Å². The van der Waals surface area contributed by atoms with E-state index in [1.54, 1.807) is 6.20 Å². The molecule has 1 aromatic carbocycles. The number of nitrogens with zero attached hydrogens (tertiary/aromatic N) is 5. The molecule has 5 nitrogen and oxygen atoms in total. The molecule has 0 amide bonds. The van der Waals surface area contributed by atoms with Gasteiger partial charge in [-0.25, -0.2) is 14.4 Å². The van der Waals surface area contributed by atoms with Crippen LogP contribution in [0.15, 0.2) is 24.4 Å². The Bertz CT molecular complexity index is 624. The van der Waals surface area contributed by atoms with Gasteiger partial charge >= 0.3 is 0 Å². The number of piperazine rings is 1. The highest BCUT2D eigenvalue weighted by molar-refractivity contribution is 6.32. The molecule has 0 spiro atoms. The van der Waals surface area contributed by atoms with Crippen molar-refractivity contribution in [2.45, 2.75) is 13.0 Å². The molecular formula is C14H16ClFN5. The Morgan fingerprint density at radius 2 is 2.05 bits per heavy atom. The smallest absolute Gasteiger partial charge is 0.125 e. The second kappa shape index (κ2) is 6.09. The summed E-state index contributed by atoms with van der Waals surface area (Å²) in [6, 6.07) is 4.35. The monoisotopic (exact) mass is 308 g/mol. The maximum absolute atomic E-state index is 13.4. The van der Waals surface area contributed by atoms with Gasteiger partial charge in [-0.15, -0.1) is 5.10 Å². The Kier molecular flexibility index (Phi) is 4.19. The summed E-state index contributed by atoms with van der Waals surface area (Å²) in [5.74, 6) is -0.350.